The van der Waals surface area contributed by atoms with Crippen LogP contribution < -0.4 is 10.6 Å². The number of benzene rings is 2. The topological polar surface area (TPSA) is 41.1 Å². The molecule has 5 heteroatoms. The van der Waals surface area contributed by atoms with Crippen molar-refractivity contribution in [3.05, 3.63) is 65.2 Å². The minimum absolute atomic E-state index is 0.0554. The third kappa shape index (κ3) is 3.86. The van der Waals surface area contributed by atoms with E-state index in [2.05, 4.69) is 10.6 Å². The van der Waals surface area contributed by atoms with E-state index in [1.54, 1.807) is 12.1 Å². The van der Waals surface area contributed by atoms with E-state index < -0.39 is 17.5 Å². The van der Waals surface area contributed by atoms with E-state index in [1.807, 2.05) is 26.1 Å². The first-order chi connectivity index (χ1) is 9.99. The molecule has 2 aromatic rings. The van der Waals surface area contributed by atoms with Gasteiger partial charge in [0.05, 0.1) is 0 Å². The maximum atomic E-state index is 13.1. The fraction of sp³-hybridized carbons (Fsp3) is 0.188. The van der Waals surface area contributed by atoms with Crippen LogP contribution in [0.3, 0.4) is 0 Å². The molecule has 1 atom stereocenters. The monoisotopic (exact) mass is 290 g/mol. The number of hydrogen-bond acceptors (Lipinski definition) is 2. The van der Waals surface area contributed by atoms with Gasteiger partial charge in [0.1, 0.15) is 11.6 Å². The third-order valence-corrected chi connectivity index (χ3v) is 3.23. The standard InChI is InChI=1S/C16H16F2N2O/c1-10(19-2)11-3-5-15(6-4-11)20-16(21)12-7-13(17)9-14(18)8-12/h3-10,19H,1-2H3,(H,20,21). The van der Waals surface area contributed by atoms with Crippen molar-refractivity contribution in [1.29, 1.82) is 0 Å². The maximum Gasteiger partial charge on any atom is 0.255 e. The Morgan fingerprint density at radius 3 is 2.14 bits per heavy atom. The largest absolute Gasteiger partial charge is 0.322 e. The van der Waals surface area contributed by atoms with Gasteiger partial charge in [-0.1, -0.05) is 12.1 Å². The first kappa shape index (κ1) is 15.1. The molecule has 3 nitrogen and oxygen atoms in total. The second-order valence-electron chi connectivity index (χ2n) is 4.74. The molecule has 21 heavy (non-hydrogen) atoms. The summed E-state index contributed by atoms with van der Waals surface area (Å²) in [7, 11) is 1.86. The molecule has 110 valence electrons. The van der Waals surface area contributed by atoms with Crippen LogP contribution in [0.4, 0.5) is 14.5 Å². The SMILES string of the molecule is CNC(C)c1ccc(NC(=O)c2cc(F)cc(F)c2)cc1. The van der Waals surface area contributed by atoms with Crippen LogP contribution in [-0.2, 0) is 0 Å². The summed E-state index contributed by atoms with van der Waals surface area (Å²) >= 11 is 0. The van der Waals surface area contributed by atoms with Gasteiger partial charge in [-0.05, 0) is 43.8 Å². The van der Waals surface area contributed by atoms with Crippen LogP contribution in [0.25, 0.3) is 0 Å². The second-order valence-corrected chi connectivity index (χ2v) is 4.74. The van der Waals surface area contributed by atoms with Crippen molar-refractivity contribution in [3.63, 3.8) is 0 Å². The Bertz CT molecular complexity index is 621. The van der Waals surface area contributed by atoms with Gasteiger partial charge in [0.25, 0.3) is 5.91 Å². The van der Waals surface area contributed by atoms with E-state index in [4.69, 9.17) is 0 Å². The van der Waals surface area contributed by atoms with E-state index >= 15 is 0 Å². The van der Waals surface area contributed by atoms with Gasteiger partial charge >= 0.3 is 0 Å². The summed E-state index contributed by atoms with van der Waals surface area (Å²) in [6.45, 7) is 2.02. The number of rotatable bonds is 4. The molecule has 0 saturated heterocycles. The Morgan fingerprint density at radius 1 is 1.05 bits per heavy atom. The van der Waals surface area contributed by atoms with Crippen LogP contribution in [0.1, 0.15) is 28.9 Å². The molecule has 0 aliphatic rings. The Balaban J connectivity index is 2.12. The summed E-state index contributed by atoms with van der Waals surface area (Å²) in [4.78, 5) is 11.9. The van der Waals surface area contributed by atoms with Crippen molar-refractivity contribution in [2.45, 2.75) is 13.0 Å². The first-order valence-corrected chi connectivity index (χ1v) is 6.54. The molecule has 2 N–H and O–H groups in total. The molecule has 1 amide bonds. The van der Waals surface area contributed by atoms with Crippen LogP contribution in [0.15, 0.2) is 42.5 Å². The molecule has 0 aliphatic heterocycles. The smallest absolute Gasteiger partial charge is 0.255 e. The molecule has 0 bridgehead atoms. The highest BCUT2D eigenvalue weighted by Crippen LogP contribution is 2.17. The van der Waals surface area contributed by atoms with Gasteiger partial charge in [-0.25, -0.2) is 8.78 Å². The Hall–Kier alpha value is -2.27. The van der Waals surface area contributed by atoms with Crippen molar-refractivity contribution in [3.8, 4) is 0 Å². The molecule has 1 unspecified atom stereocenters. The van der Waals surface area contributed by atoms with Gasteiger partial charge in [-0.2, -0.15) is 0 Å². The van der Waals surface area contributed by atoms with E-state index in [1.165, 1.54) is 0 Å². The lowest BCUT2D eigenvalue weighted by Gasteiger charge is -2.11. The van der Waals surface area contributed by atoms with Crippen LogP contribution in [0.2, 0.25) is 0 Å². The Morgan fingerprint density at radius 2 is 1.62 bits per heavy atom. The quantitative estimate of drug-likeness (QED) is 0.905. The lowest BCUT2D eigenvalue weighted by Crippen LogP contribution is -2.14. The van der Waals surface area contributed by atoms with Crippen molar-refractivity contribution in [2.75, 3.05) is 12.4 Å². The fourth-order valence-corrected chi connectivity index (χ4v) is 1.91. The normalized spacial score (nSPS) is 12.0. The summed E-state index contributed by atoms with van der Waals surface area (Å²) in [5.74, 6) is -2.11. The van der Waals surface area contributed by atoms with Gasteiger partial charge in [0.15, 0.2) is 0 Å². The van der Waals surface area contributed by atoms with Crippen molar-refractivity contribution >= 4 is 11.6 Å². The number of hydrogen-bond donors (Lipinski definition) is 2. The summed E-state index contributed by atoms with van der Waals surface area (Å²) < 4.78 is 26.2. The number of carbonyl (C=O) groups is 1. The van der Waals surface area contributed by atoms with Gasteiger partial charge in [0, 0.05) is 23.4 Å². The zero-order chi connectivity index (χ0) is 15.4. The highest BCUT2D eigenvalue weighted by Gasteiger charge is 2.10. The average molecular weight is 290 g/mol. The number of halogens is 2. The van der Waals surface area contributed by atoms with E-state index in [0.29, 0.717) is 5.69 Å². The van der Waals surface area contributed by atoms with Crippen molar-refractivity contribution in [1.82, 2.24) is 5.32 Å². The van der Waals surface area contributed by atoms with Gasteiger partial charge in [0.2, 0.25) is 0 Å². The molecular formula is C16H16F2N2O. The number of anilines is 1. The molecule has 0 aliphatic carbocycles. The predicted molar refractivity (Wildman–Crippen MR) is 78.2 cm³/mol. The van der Waals surface area contributed by atoms with Crippen LogP contribution in [-0.4, -0.2) is 13.0 Å². The average Bonchev–Trinajstić information content (AvgIpc) is 2.46. The molecule has 0 saturated carbocycles. The number of amides is 1. The molecule has 2 aromatic carbocycles. The number of nitrogens with one attached hydrogen (secondary N) is 2. The lowest BCUT2D eigenvalue weighted by molar-refractivity contribution is 0.102. The van der Waals surface area contributed by atoms with Gasteiger partial charge in [-0.3, -0.25) is 4.79 Å². The third-order valence-electron chi connectivity index (χ3n) is 3.23. The predicted octanol–water partition coefficient (Wildman–Crippen LogP) is 3.50. The molecule has 0 fully saturated rings. The summed E-state index contributed by atoms with van der Waals surface area (Å²) in [6.07, 6.45) is 0. The zero-order valence-electron chi connectivity index (χ0n) is 11.8. The fourth-order valence-electron chi connectivity index (χ4n) is 1.91. The minimum atomic E-state index is -0.779. The molecule has 0 heterocycles. The van der Waals surface area contributed by atoms with Gasteiger partial charge < -0.3 is 10.6 Å². The molecule has 2 rings (SSSR count). The summed E-state index contributed by atoms with van der Waals surface area (Å²) in [6, 6.07) is 10.2. The van der Waals surface area contributed by atoms with E-state index in [-0.39, 0.29) is 11.6 Å². The van der Waals surface area contributed by atoms with Crippen LogP contribution in [0, 0.1) is 11.6 Å². The lowest BCUT2D eigenvalue weighted by atomic mass is 10.1. The van der Waals surface area contributed by atoms with Crippen molar-refractivity contribution in [2.24, 2.45) is 0 Å². The van der Waals surface area contributed by atoms with E-state index in [9.17, 15) is 13.6 Å². The van der Waals surface area contributed by atoms with Crippen LogP contribution >= 0.6 is 0 Å². The first-order valence-electron chi connectivity index (χ1n) is 6.54. The Labute approximate surface area is 122 Å². The highest BCUT2D eigenvalue weighted by molar-refractivity contribution is 6.04. The highest BCUT2D eigenvalue weighted by atomic mass is 19.1. The van der Waals surface area contributed by atoms with Gasteiger partial charge in [-0.15, -0.1) is 0 Å². The molecular weight excluding hydrogens is 274 g/mol. The summed E-state index contributed by atoms with van der Waals surface area (Å²) in [5, 5.41) is 5.71. The van der Waals surface area contributed by atoms with Crippen LogP contribution in [0.5, 0.6) is 0 Å². The second kappa shape index (κ2) is 6.45. The molecule has 0 aromatic heterocycles. The molecule has 0 radical (unpaired) electrons. The minimum Gasteiger partial charge on any atom is -0.322 e. The number of carbonyl (C=O) groups excluding carboxylic acids is 1. The zero-order valence-corrected chi connectivity index (χ0v) is 11.8. The van der Waals surface area contributed by atoms with E-state index in [0.717, 1.165) is 23.8 Å². The summed E-state index contributed by atoms with van der Waals surface area (Å²) in [5.41, 5.74) is 1.59. The van der Waals surface area contributed by atoms with Crippen molar-refractivity contribution < 1.29 is 13.6 Å². The Kier molecular flexibility index (Phi) is 4.65. The maximum absolute atomic E-state index is 13.1. The molecule has 0 spiro atoms.